The molecule has 200 valence electrons. The van der Waals surface area contributed by atoms with Gasteiger partial charge >= 0.3 is 6.61 Å². The van der Waals surface area contributed by atoms with Crippen molar-refractivity contribution < 1.29 is 23.1 Å². The molecule has 1 fully saturated rings. The van der Waals surface area contributed by atoms with E-state index in [1.807, 2.05) is 19.0 Å². The standard InChI is InChI=1S/C23H29ClF2N8O3/c1-12(27)19(21(28)29-2)22(36)30-16-10-34(11-18(35)33-8-14(9-33)32(3)4)31-20(16)15-7-13(24)5-6-17(15)37-23(25)26/h5-7,10,14,23,29H,1,8-9,11,27-28H2,2-4H3,(H,30,36)/b21-19-. The number of anilines is 1. The number of amides is 2. The molecular weight excluding hydrogens is 510 g/mol. The molecule has 0 aliphatic carbocycles. The van der Waals surface area contributed by atoms with Crippen molar-refractivity contribution in [3.05, 3.63) is 53.1 Å². The van der Waals surface area contributed by atoms with Gasteiger partial charge < -0.3 is 36.6 Å². The fourth-order valence-electron chi connectivity index (χ4n) is 3.65. The van der Waals surface area contributed by atoms with Crippen LogP contribution in [0.5, 0.6) is 5.75 Å². The van der Waals surface area contributed by atoms with Crippen LogP contribution < -0.4 is 26.8 Å². The number of likely N-dealkylation sites (N-methyl/N-ethyl adjacent to an activating group) is 1. The molecule has 0 bridgehead atoms. The minimum Gasteiger partial charge on any atom is -0.434 e. The number of aromatic nitrogens is 2. The third kappa shape index (κ3) is 6.49. The van der Waals surface area contributed by atoms with Crippen molar-refractivity contribution >= 4 is 29.1 Å². The van der Waals surface area contributed by atoms with Gasteiger partial charge in [-0.25, -0.2) is 0 Å². The third-order valence-electron chi connectivity index (χ3n) is 5.75. The number of halogens is 3. The van der Waals surface area contributed by atoms with Crippen LogP contribution >= 0.6 is 11.6 Å². The van der Waals surface area contributed by atoms with Crippen LogP contribution in [0.25, 0.3) is 11.3 Å². The Kier molecular flexibility index (Phi) is 8.61. The van der Waals surface area contributed by atoms with Crippen molar-refractivity contribution in [2.45, 2.75) is 19.2 Å². The highest BCUT2D eigenvalue weighted by Crippen LogP contribution is 2.37. The molecule has 2 amide bonds. The molecule has 3 rings (SSSR count). The van der Waals surface area contributed by atoms with Gasteiger partial charge in [0, 0.05) is 48.7 Å². The van der Waals surface area contributed by atoms with E-state index in [0.717, 1.165) is 0 Å². The van der Waals surface area contributed by atoms with Gasteiger partial charge in [-0.05, 0) is 32.3 Å². The van der Waals surface area contributed by atoms with E-state index in [1.165, 1.54) is 36.1 Å². The summed E-state index contributed by atoms with van der Waals surface area (Å²) in [4.78, 5) is 29.5. The maximum atomic E-state index is 13.1. The Labute approximate surface area is 217 Å². The van der Waals surface area contributed by atoms with Gasteiger partial charge in [0.1, 0.15) is 29.4 Å². The Balaban J connectivity index is 2.00. The van der Waals surface area contributed by atoms with E-state index in [1.54, 1.807) is 4.90 Å². The monoisotopic (exact) mass is 538 g/mol. The van der Waals surface area contributed by atoms with Gasteiger partial charge in [0.2, 0.25) is 5.91 Å². The Hall–Kier alpha value is -3.84. The number of carbonyl (C=O) groups excluding carboxylic acids is 2. The lowest BCUT2D eigenvalue weighted by molar-refractivity contribution is -0.138. The second-order valence-electron chi connectivity index (χ2n) is 8.54. The lowest BCUT2D eigenvalue weighted by Crippen LogP contribution is -2.59. The van der Waals surface area contributed by atoms with Crippen molar-refractivity contribution in [3.8, 4) is 17.0 Å². The van der Waals surface area contributed by atoms with Gasteiger partial charge in [0.25, 0.3) is 5.91 Å². The lowest BCUT2D eigenvalue weighted by Gasteiger charge is -2.42. The number of hydrogen-bond acceptors (Lipinski definition) is 8. The molecule has 37 heavy (non-hydrogen) atoms. The third-order valence-corrected chi connectivity index (χ3v) is 5.99. The number of nitrogens with one attached hydrogen (secondary N) is 2. The van der Waals surface area contributed by atoms with Crippen LogP contribution in [0.1, 0.15) is 0 Å². The molecule has 2 heterocycles. The molecule has 1 aromatic heterocycles. The molecule has 0 radical (unpaired) electrons. The second-order valence-corrected chi connectivity index (χ2v) is 8.98. The van der Waals surface area contributed by atoms with Gasteiger partial charge in [-0.2, -0.15) is 13.9 Å². The summed E-state index contributed by atoms with van der Waals surface area (Å²) in [6.07, 6.45) is 1.40. The number of ether oxygens (including phenoxy) is 1. The normalized spacial score (nSPS) is 14.3. The zero-order chi connectivity index (χ0) is 27.4. The molecule has 0 atom stereocenters. The SMILES string of the molecule is C=C(N)/C(C(=O)Nc1cn(CC(=O)N2CC(N(C)C)C2)nc1-c1cc(Cl)ccc1OC(F)F)=C(\N)NC. The molecule has 1 aliphatic rings. The molecule has 1 aromatic carbocycles. The second kappa shape index (κ2) is 11.5. The van der Waals surface area contributed by atoms with Gasteiger partial charge in [-0.15, -0.1) is 0 Å². The van der Waals surface area contributed by atoms with Gasteiger partial charge in [-0.1, -0.05) is 18.2 Å². The molecule has 6 N–H and O–H groups in total. The highest BCUT2D eigenvalue weighted by Gasteiger charge is 2.32. The van der Waals surface area contributed by atoms with Gasteiger partial charge in [0.15, 0.2) is 0 Å². The molecule has 0 saturated carbocycles. The fraction of sp³-hybridized carbons (Fsp3) is 0.348. The summed E-state index contributed by atoms with van der Waals surface area (Å²) in [5.74, 6) is -1.19. The van der Waals surface area contributed by atoms with Crippen molar-refractivity contribution in [3.63, 3.8) is 0 Å². The molecule has 14 heteroatoms. The number of nitrogens with two attached hydrogens (primary N) is 2. The average Bonchev–Trinajstić information content (AvgIpc) is 3.14. The smallest absolute Gasteiger partial charge is 0.387 e. The highest BCUT2D eigenvalue weighted by molar-refractivity contribution is 6.31. The summed E-state index contributed by atoms with van der Waals surface area (Å²) >= 11 is 6.12. The van der Waals surface area contributed by atoms with Gasteiger partial charge in [-0.3, -0.25) is 14.3 Å². The summed E-state index contributed by atoms with van der Waals surface area (Å²) in [7, 11) is 5.37. The molecule has 0 unspecified atom stereocenters. The minimum atomic E-state index is -3.12. The maximum Gasteiger partial charge on any atom is 0.387 e. The van der Waals surface area contributed by atoms with Crippen LogP contribution in [0.4, 0.5) is 14.5 Å². The number of likely N-dealkylation sites (tertiary alicyclic amines) is 1. The topological polar surface area (TPSA) is 144 Å². The number of benzene rings is 1. The summed E-state index contributed by atoms with van der Waals surface area (Å²) in [6, 6.07) is 4.26. The van der Waals surface area contributed by atoms with Gasteiger partial charge in [0.05, 0.1) is 5.69 Å². The van der Waals surface area contributed by atoms with Crippen LogP contribution in [0.2, 0.25) is 5.02 Å². The minimum absolute atomic E-state index is 0.0353. The summed E-state index contributed by atoms with van der Waals surface area (Å²) in [5.41, 5.74) is 11.6. The molecule has 1 aliphatic heterocycles. The van der Waals surface area contributed by atoms with Crippen LogP contribution in [0.3, 0.4) is 0 Å². The van der Waals surface area contributed by atoms with Crippen LogP contribution in [0.15, 0.2) is 48.1 Å². The summed E-state index contributed by atoms with van der Waals surface area (Å²) in [6.45, 7) is 1.43. The van der Waals surface area contributed by atoms with E-state index in [4.69, 9.17) is 23.1 Å². The van der Waals surface area contributed by atoms with Crippen LogP contribution in [-0.2, 0) is 16.1 Å². The quantitative estimate of drug-likeness (QED) is 0.262. The van der Waals surface area contributed by atoms with E-state index < -0.39 is 12.5 Å². The average molecular weight is 539 g/mol. The first kappa shape index (κ1) is 27.7. The van der Waals surface area contributed by atoms with Crippen molar-refractivity contribution in [2.75, 3.05) is 39.5 Å². The first-order chi connectivity index (χ1) is 17.4. The maximum absolute atomic E-state index is 13.1. The zero-order valence-corrected chi connectivity index (χ0v) is 21.4. The predicted octanol–water partition coefficient (Wildman–Crippen LogP) is 1.38. The van der Waals surface area contributed by atoms with Crippen molar-refractivity contribution in [2.24, 2.45) is 11.5 Å². The van der Waals surface area contributed by atoms with Crippen molar-refractivity contribution in [1.82, 2.24) is 24.9 Å². The van der Waals surface area contributed by atoms with Crippen molar-refractivity contribution in [1.29, 1.82) is 0 Å². The van der Waals surface area contributed by atoms with E-state index in [-0.39, 0.29) is 63.3 Å². The molecule has 1 saturated heterocycles. The number of alkyl halides is 2. The van der Waals surface area contributed by atoms with Crippen LogP contribution in [0, 0.1) is 0 Å². The van der Waals surface area contributed by atoms with E-state index in [0.29, 0.717) is 13.1 Å². The predicted molar refractivity (Wildman–Crippen MR) is 136 cm³/mol. The Morgan fingerprint density at radius 3 is 2.57 bits per heavy atom. The molecule has 11 nitrogen and oxygen atoms in total. The molecule has 2 aromatic rings. The zero-order valence-electron chi connectivity index (χ0n) is 20.6. The highest BCUT2D eigenvalue weighted by atomic mass is 35.5. The Bertz CT molecular complexity index is 1220. The largest absolute Gasteiger partial charge is 0.434 e. The number of hydrogen-bond donors (Lipinski definition) is 4. The first-order valence-corrected chi connectivity index (χ1v) is 11.5. The van der Waals surface area contributed by atoms with E-state index in [9.17, 15) is 18.4 Å². The molecule has 0 spiro atoms. The van der Waals surface area contributed by atoms with E-state index in [2.05, 4.69) is 27.0 Å². The Morgan fingerprint density at radius 2 is 2.00 bits per heavy atom. The Morgan fingerprint density at radius 1 is 1.32 bits per heavy atom. The molecular formula is C23H29ClF2N8O3. The first-order valence-electron chi connectivity index (χ1n) is 11.1. The number of rotatable bonds is 10. The summed E-state index contributed by atoms with van der Waals surface area (Å²) < 4.78 is 32.1. The summed E-state index contributed by atoms with van der Waals surface area (Å²) in [5, 5.41) is 9.85. The van der Waals surface area contributed by atoms with Crippen LogP contribution in [-0.4, -0.2) is 78.3 Å². The number of nitrogens with zero attached hydrogens (tertiary/aromatic N) is 4. The lowest BCUT2D eigenvalue weighted by atomic mass is 10.1. The number of carbonyl (C=O) groups is 2. The fourth-order valence-corrected chi connectivity index (χ4v) is 3.83. The van der Waals surface area contributed by atoms with E-state index >= 15 is 0 Å².